The van der Waals surface area contributed by atoms with Gasteiger partial charge in [-0.2, -0.15) is 13.2 Å². The molecular weight excluding hydrogens is 283 g/mol. The number of nitrogen functional groups attached to an aromatic ring is 1. The molecule has 0 spiro atoms. The van der Waals surface area contributed by atoms with Crippen LogP contribution in [-0.4, -0.2) is 17.8 Å². The Kier molecular flexibility index (Phi) is 4.22. The third-order valence-corrected chi connectivity index (χ3v) is 2.98. The van der Waals surface area contributed by atoms with Gasteiger partial charge in [-0.25, -0.2) is 10.8 Å². The number of ether oxygens (including phenoxy) is 1. The molecule has 0 saturated carbocycles. The molecule has 3 N–H and O–H groups in total. The molecule has 114 valence electrons. The summed E-state index contributed by atoms with van der Waals surface area (Å²) in [5.74, 6) is 6.33. The maximum absolute atomic E-state index is 12.2. The van der Waals surface area contributed by atoms with Crippen LogP contribution in [0.3, 0.4) is 0 Å². The lowest BCUT2D eigenvalue weighted by Crippen LogP contribution is -2.19. The van der Waals surface area contributed by atoms with Crippen molar-refractivity contribution >= 4 is 16.7 Å². The topological polar surface area (TPSA) is 60.2 Å². The van der Waals surface area contributed by atoms with Gasteiger partial charge in [-0.15, -0.1) is 0 Å². The minimum absolute atomic E-state index is 0.157. The Balaban J connectivity index is 2.38. The molecule has 2 rings (SSSR count). The van der Waals surface area contributed by atoms with E-state index in [1.165, 1.54) is 6.07 Å². The van der Waals surface area contributed by atoms with Crippen molar-refractivity contribution in [1.29, 1.82) is 0 Å². The molecule has 7 heteroatoms. The number of hydrogen-bond acceptors (Lipinski definition) is 4. The van der Waals surface area contributed by atoms with Crippen molar-refractivity contribution in [3.8, 4) is 5.75 Å². The molecule has 0 aliphatic carbocycles. The van der Waals surface area contributed by atoms with Crippen LogP contribution >= 0.6 is 0 Å². The zero-order valence-electron chi connectivity index (χ0n) is 11.7. The lowest BCUT2D eigenvalue weighted by molar-refractivity contribution is -0.153. The Bertz CT molecular complexity index is 641. The quantitative estimate of drug-likeness (QED) is 0.669. The number of hydrogen-bond donors (Lipinski definition) is 2. The van der Waals surface area contributed by atoms with Crippen LogP contribution in [0, 0.1) is 0 Å². The summed E-state index contributed by atoms with van der Waals surface area (Å²) in [6.45, 7) is 2.65. The van der Waals surface area contributed by atoms with Gasteiger partial charge in [0.05, 0.1) is 5.52 Å². The predicted molar refractivity (Wildman–Crippen MR) is 75.2 cm³/mol. The molecule has 1 aromatic heterocycles. The van der Waals surface area contributed by atoms with Crippen molar-refractivity contribution in [2.24, 2.45) is 5.84 Å². The fraction of sp³-hybridized carbons (Fsp3) is 0.357. The van der Waals surface area contributed by atoms with Gasteiger partial charge in [0.2, 0.25) is 0 Å². The van der Waals surface area contributed by atoms with Gasteiger partial charge >= 0.3 is 6.18 Å². The number of benzene rings is 1. The normalized spacial score (nSPS) is 12.0. The van der Waals surface area contributed by atoms with E-state index >= 15 is 0 Å². The van der Waals surface area contributed by atoms with Crippen molar-refractivity contribution < 1.29 is 17.9 Å². The summed E-state index contributed by atoms with van der Waals surface area (Å²) in [5, 5.41) is 0.706. The highest BCUT2D eigenvalue weighted by Gasteiger charge is 2.28. The summed E-state index contributed by atoms with van der Waals surface area (Å²) < 4.78 is 41.2. The molecule has 0 aliphatic rings. The third-order valence-electron chi connectivity index (χ3n) is 2.98. The van der Waals surface area contributed by atoms with Gasteiger partial charge in [0.1, 0.15) is 11.6 Å². The standard InChI is InChI=1S/C14H16F3N3O/c1-8(2)11-6-9-5-10(21-7-14(15,16)17)3-4-12(9)19-13(11)20-18/h3-6,8H,7,18H2,1-2H3,(H,19,20). The number of nitrogens with two attached hydrogens (primary N) is 1. The van der Waals surface area contributed by atoms with Crippen molar-refractivity contribution in [1.82, 2.24) is 4.98 Å². The Hall–Kier alpha value is -2.02. The maximum Gasteiger partial charge on any atom is 0.422 e. The molecule has 0 radical (unpaired) electrons. The number of pyridine rings is 1. The fourth-order valence-corrected chi connectivity index (χ4v) is 1.98. The van der Waals surface area contributed by atoms with E-state index in [4.69, 9.17) is 10.6 Å². The van der Waals surface area contributed by atoms with E-state index in [1.54, 1.807) is 12.1 Å². The van der Waals surface area contributed by atoms with Crippen LogP contribution in [0.2, 0.25) is 0 Å². The van der Waals surface area contributed by atoms with Crippen LogP contribution in [0.4, 0.5) is 19.0 Å². The SMILES string of the molecule is CC(C)c1cc2cc(OCC(F)(F)F)ccc2nc1NN. The molecule has 1 aromatic carbocycles. The van der Waals surface area contributed by atoms with E-state index in [2.05, 4.69) is 10.4 Å². The smallest absolute Gasteiger partial charge is 0.422 e. The van der Waals surface area contributed by atoms with E-state index in [-0.39, 0.29) is 11.7 Å². The predicted octanol–water partition coefficient (Wildman–Crippen LogP) is 3.58. The van der Waals surface area contributed by atoms with E-state index in [1.807, 2.05) is 19.9 Å². The molecule has 0 fully saturated rings. The summed E-state index contributed by atoms with van der Waals surface area (Å²) in [4.78, 5) is 4.35. The Morgan fingerprint density at radius 1 is 1.29 bits per heavy atom. The first kappa shape index (κ1) is 15.4. The molecular formula is C14H16F3N3O. The van der Waals surface area contributed by atoms with Crippen LogP contribution in [0.15, 0.2) is 24.3 Å². The molecule has 1 heterocycles. The summed E-state index contributed by atoms with van der Waals surface area (Å²) in [6, 6.07) is 6.45. The zero-order valence-corrected chi connectivity index (χ0v) is 11.7. The minimum Gasteiger partial charge on any atom is -0.484 e. The number of hydrazine groups is 1. The van der Waals surface area contributed by atoms with Crippen LogP contribution in [0.5, 0.6) is 5.75 Å². The number of anilines is 1. The number of halogens is 3. The second-order valence-electron chi connectivity index (χ2n) is 4.98. The number of nitrogens with one attached hydrogen (secondary N) is 1. The van der Waals surface area contributed by atoms with Crippen molar-refractivity contribution in [3.63, 3.8) is 0 Å². The number of aromatic nitrogens is 1. The van der Waals surface area contributed by atoms with Gasteiger partial charge in [-0.3, -0.25) is 0 Å². The number of fused-ring (bicyclic) bond motifs is 1. The summed E-state index contributed by atoms with van der Waals surface area (Å²) in [7, 11) is 0. The minimum atomic E-state index is -4.36. The van der Waals surface area contributed by atoms with E-state index in [0.29, 0.717) is 16.7 Å². The molecule has 0 amide bonds. The molecule has 0 bridgehead atoms. The highest BCUT2D eigenvalue weighted by Crippen LogP contribution is 2.29. The average Bonchev–Trinajstić information content (AvgIpc) is 2.42. The number of rotatable bonds is 4. The highest BCUT2D eigenvalue weighted by molar-refractivity contribution is 5.83. The zero-order chi connectivity index (χ0) is 15.6. The van der Waals surface area contributed by atoms with Gasteiger partial charge in [-0.05, 0) is 35.7 Å². The van der Waals surface area contributed by atoms with Crippen molar-refractivity contribution in [2.75, 3.05) is 12.0 Å². The molecule has 0 aliphatic heterocycles. The monoisotopic (exact) mass is 299 g/mol. The first-order valence-corrected chi connectivity index (χ1v) is 6.41. The lowest BCUT2D eigenvalue weighted by Gasteiger charge is -2.14. The van der Waals surface area contributed by atoms with E-state index in [0.717, 1.165) is 5.56 Å². The van der Waals surface area contributed by atoms with Gasteiger partial charge in [0.15, 0.2) is 6.61 Å². The molecule has 2 aromatic rings. The Labute approximate surface area is 120 Å². The maximum atomic E-state index is 12.2. The van der Waals surface area contributed by atoms with Gasteiger partial charge in [0.25, 0.3) is 0 Å². The molecule has 21 heavy (non-hydrogen) atoms. The Morgan fingerprint density at radius 2 is 2.00 bits per heavy atom. The van der Waals surface area contributed by atoms with Crippen LogP contribution in [0.1, 0.15) is 25.3 Å². The highest BCUT2D eigenvalue weighted by atomic mass is 19.4. The molecule has 0 atom stereocenters. The lowest BCUT2D eigenvalue weighted by atomic mass is 10.0. The first-order chi connectivity index (χ1) is 9.80. The number of nitrogens with zero attached hydrogens (tertiary/aromatic N) is 1. The fourth-order valence-electron chi connectivity index (χ4n) is 1.98. The van der Waals surface area contributed by atoms with Crippen molar-refractivity contribution in [2.45, 2.75) is 25.9 Å². The van der Waals surface area contributed by atoms with Gasteiger partial charge in [0, 0.05) is 5.39 Å². The average molecular weight is 299 g/mol. The second kappa shape index (κ2) is 5.77. The molecule has 0 unspecified atom stereocenters. The van der Waals surface area contributed by atoms with E-state index < -0.39 is 12.8 Å². The number of alkyl halides is 3. The summed E-state index contributed by atoms with van der Waals surface area (Å²) >= 11 is 0. The largest absolute Gasteiger partial charge is 0.484 e. The second-order valence-corrected chi connectivity index (χ2v) is 4.98. The molecule has 0 saturated heterocycles. The third kappa shape index (κ3) is 3.75. The van der Waals surface area contributed by atoms with E-state index in [9.17, 15) is 13.2 Å². The van der Waals surface area contributed by atoms with Gasteiger partial charge in [-0.1, -0.05) is 13.8 Å². The summed E-state index contributed by atoms with van der Waals surface area (Å²) in [5.41, 5.74) is 4.06. The molecule has 4 nitrogen and oxygen atoms in total. The van der Waals surface area contributed by atoms with Crippen molar-refractivity contribution in [3.05, 3.63) is 29.8 Å². The van der Waals surface area contributed by atoms with Crippen LogP contribution in [-0.2, 0) is 0 Å². The Morgan fingerprint density at radius 3 is 2.57 bits per heavy atom. The van der Waals surface area contributed by atoms with Crippen LogP contribution < -0.4 is 16.0 Å². The first-order valence-electron chi connectivity index (χ1n) is 6.41. The van der Waals surface area contributed by atoms with Gasteiger partial charge < -0.3 is 10.2 Å². The summed E-state index contributed by atoms with van der Waals surface area (Å²) in [6.07, 6.45) is -4.36. The van der Waals surface area contributed by atoms with Crippen LogP contribution in [0.25, 0.3) is 10.9 Å².